The van der Waals surface area contributed by atoms with Gasteiger partial charge in [0.1, 0.15) is 10.8 Å². The predicted octanol–water partition coefficient (Wildman–Crippen LogP) is 2.85. The highest BCUT2D eigenvalue weighted by Gasteiger charge is 2.19. The zero-order valence-corrected chi connectivity index (χ0v) is 11.5. The Labute approximate surface area is 119 Å². The third-order valence-electron chi connectivity index (χ3n) is 2.56. The number of carboxylic acid groups (broad SMARTS) is 1. The van der Waals surface area contributed by atoms with Crippen LogP contribution in [0.1, 0.15) is 17.3 Å². The van der Waals surface area contributed by atoms with E-state index in [-0.39, 0.29) is 11.5 Å². The van der Waals surface area contributed by atoms with Crippen LogP contribution in [0.15, 0.2) is 41.8 Å². The van der Waals surface area contributed by atoms with Crippen LogP contribution in [-0.2, 0) is 4.79 Å². The Morgan fingerprint density at radius 1 is 1.25 bits per heavy atom. The maximum Gasteiger partial charge on any atom is 0.338 e. The molecule has 0 bridgehead atoms. The molecule has 0 radical (unpaired) electrons. The van der Waals surface area contributed by atoms with Crippen LogP contribution in [0.4, 0.5) is 5.00 Å². The molecule has 104 valence electrons. The van der Waals surface area contributed by atoms with E-state index in [0.29, 0.717) is 10.8 Å². The first kappa shape index (κ1) is 14.1. The van der Waals surface area contributed by atoms with Crippen molar-refractivity contribution in [3.05, 3.63) is 47.3 Å². The first-order valence-electron chi connectivity index (χ1n) is 5.91. The fraction of sp³-hybridized carbons (Fsp3) is 0.143. The molecule has 6 heteroatoms. The lowest BCUT2D eigenvalue weighted by molar-refractivity contribution is -0.122. The molecule has 1 aromatic carbocycles. The van der Waals surface area contributed by atoms with Crippen LogP contribution in [-0.4, -0.2) is 23.1 Å². The van der Waals surface area contributed by atoms with Crippen LogP contribution in [0.25, 0.3) is 0 Å². The minimum absolute atomic E-state index is 0.0789. The van der Waals surface area contributed by atoms with Crippen molar-refractivity contribution in [3.63, 3.8) is 0 Å². The highest BCUT2D eigenvalue weighted by atomic mass is 32.1. The molecule has 1 amide bonds. The number of hydrogen-bond acceptors (Lipinski definition) is 4. The Balaban J connectivity index is 2.01. The van der Waals surface area contributed by atoms with E-state index in [4.69, 9.17) is 9.84 Å². The van der Waals surface area contributed by atoms with Crippen LogP contribution in [0, 0.1) is 0 Å². The summed E-state index contributed by atoms with van der Waals surface area (Å²) in [5.74, 6) is -0.878. The highest BCUT2D eigenvalue weighted by Crippen LogP contribution is 2.23. The average Bonchev–Trinajstić information content (AvgIpc) is 2.88. The van der Waals surface area contributed by atoms with E-state index in [1.165, 1.54) is 6.07 Å². The molecular weight excluding hydrogens is 278 g/mol. The van der Waals surface area contributed by atoms with E-state index >= 15 is 0 Å². The summed E-state index contributed by atoms with van der Waals surface area (Å²) in [4.78, 5) is 22.9. The van der Waals surface area contributed by atoms with Gasteiger partial charge in [0, 0.05) is 0 Å². The molecule has 1 aromatic heterocycles. The second-order valence-electron chi connectivity index (χ2n) is 4.03. The van der Waals surface area contributed by atoms with Gasteiger partial charge in [-0.15, -0.1) is 11.3 Å². The molecule has 1 heterocycles. The number of carbonyl (C=O) groups is 2. The fourth-order valence-electron chi connectivity index (χ4n) is 1.54. The van der Waals surface area contributed by atoms with Crippen LogP contribution >= 0.6 is 11.3 Å². The molecule has 20 heavy (non-hydrogen) atoms. The van der Waals surface area contributed by atoms with Gasteiger partial charge in [-0.2, -0.15) is 0 Å². The van der Waals surface area contributed by atoms with Gasteiger partial charge in [-0.25, -0.2) is 4.79 Å². The van der Waals surface area contributed by atoms with E-state index in [0.717, 1.165) is 11.3 Å². The standard InChI is InChI=1S/C14H13NO4S/c1-9(19-10-5-3-2-4-6-10)12(16)15-13-11(14(17)18)7-8-20-13/h2-9H,1H3,(H,15,16)(H,17,18). The number of hydrogen-bond donors (Lipinski definition) is 2. The van der Waals surface area contributed by atoms with E-state index in [1.54, 1.807) is 24.4 Å². The predicted molar refractivity (Wildman–Crippen MR) is 76.4 cm³/mol. The summed E-state index contributed by atoms with van der Waals surface area (Å²) in [7, 11) is 0. The van der Waals surface area contributed by atoms with E-state index in [1.807, 2.05) is 18.2 Å². The summed E-state index contributed by atoms with van der Waals surface area (Å²) in [6, 6.07) is 10.4. The number of thiophene rings is 1. The maximum atomic E-state index is 12.0. The minimum Gasteiger partial charge on any atom is -0.481 e. The Bertz CT molecular complexity index is 609. The van der Waals surface area contributed by atoms with Crippen LogP contribution in [0.3, 0.4) is 0 Å². The number of rotatable bonds is 5. The largest absolute Gasteiger partial charge is 0.481 e. The molecule has 0 spiro atoms. The molecule has 2 aromatic rings. The molecular formula is C14H13NO4S. The number of anilines is 1. The summed E-state index contributed by atoms with van der Waals surface area (Å²) in [6.45, 7) is 1.61. The lowest BCUT2D eigenvalue weighted by atomic mass is 10.3. The average molecular weight is 291 g/mol. The summed E-state index contributed by atoms with van der Waals surface area (Å²) in [6.07, 6.45) is -0.721. The molecule has 0 saturated heterocycles. The van der Waals surface area contributed by atoms with Gasteiger partial charge in [0.2, 0.25) is 0 Å². The van der Waals surface area contributed by atoms with Gasteiger partial charge in [0.05, 0.1) is 5.56 Å². The van der Waals surface area contributed by atoms with Crippen molar-refractivity contribution in [2.45, 2.75) is 13.0 Å². The number of carbonyl (C=O) groups excluding carboxylic acids is 1. The van der Waals surface area contributed by atoms with Crippen molar-refractivity contribution in [1.82, 2.24) is 0 Å². The minimum atomic E-state index is -1.07. The lowest BCUT2D eigenvalue weighted by Gasteiger charge is -2.14. The molecule has 0 fully saturated rings. The first-order chi connectivity index (χ1) is 9.58. The van der Waals surface area contributed by atoms with Gasteiger partial charge in [0.25, 0.3) is 5.91 Å². The molecule has 0 saturated carbocycles. The van der Waals surface area contributed by atoms with E-state index < -0.39 is 12.1 Å². The van der Waals surface area contributed by atoms with Gasteiger partial charge >= 0.3 is 5.97 Å². The number of nitrogens with one attached hydrogen (secondary N) is 1. The molecule has 5 nitrogen and oxygen atoms in total. The lowest BCUT2D eigenvalue weighted by Crippen LogP contribution is -2.30. The molecule has 1 unspecified atom stereocenters. The number of benzene rings is 1. The quantitative estimate of drug-likeness (QED) is 0.888. The molecule has 0 aliphatic heterocycles. The summed E-state index contributed by atoms with van der Waals surface area (Å²) in [5, 5.41) is 13.5. The second-order valence-corrected chi connectivity index (χ2v) is 4.95. The van der Waals surface area contributed by atoms with Crippen molar-refractivity contribution < 1.29 is 19.4 Å². The van der Waals surface area contributed by atoms with Crippen molar-refractivity contribution >= 4 is 28.2 Å². The molecule has 0 aliphatic rings. The normalized spacial score (nSPS) is 11.7. The summed E-state index contributed by atoms with van der Waals surface area (Å²) in [5.41, 5.74) is 0.0789. The zero-order chi connectivity index (χ0) is 14.5. The number of para-hydroxylation sites is 1. The first-order valence-corrected chi connectivity index (χ1v) is 6.79. The number of ether oxygens (including phenoxy) is 1. The van der Waals surface area contributed by atoms with Crippen molar-refractivity contribution in [2.75, 3.05) is 5.32 Å². The van der Waals surface area contributed by atoms with Crippen molar-refractivity contribution in [2.24, 2.45) is 0 Å². The SMILES string of the molecule is CC(Oc1ccccc1)C(=O)Nc1sccc1C(=O)O. The van der Waals surface area contributed by atoms with Crippen LogP contribution < -0.4 is 10.1 Å². The molecule has 0 aliphatic carbocycles. The Hall–Kier alpha value is -2.34. The third-order valence-corrected chi connectivity index (χ3v) is 3.39. The van der Waals surface area contributed by atoms with Gasteiger partial charge in [-0.3, -0.25) is 4.79 Å². The monoisotopic (exact) mass is 291 g/mol. The van der Waals surface area contributed by atoms with Crippen LogP contribution in [0.2, 0.25) is 0 Å². The molecule has 2 N–H and O–H groups in total. The molecule has 1 atom stereocenters. The van der Waals surface area contributed by atoms with Gasteiger partial charge in [0.15, 0.2) is 6.10 Å². The summed E-state index contributed by atoms with van der Waals surface area (Å²) < 4.78 is 5.47. The third kappa shape index (κ3) is 3.36. The van der Waals surface area contributed by atoms with Crippen molar-refractivity contribution in [3.8, 4) is 5.75 Å². The maximum absolute atomic E-state index is 12.0. The Morgan fingerprint density at radius 2 is 1.95 bits per heavy atom. The van der Waals surface area contributed by atoms with Crippen molar-refractivity contribution in [1.29, 1.82) is 0 Å². The van der Waals surface area contributed by atoms with Gasteiger partial charge < -0.3 is 15.2 Å². The smallest absolute Gasteiger partial charge is 0.338 e. The van der Waals surface area contributed by atoms with Crippen LogP contribution in [0.5, 0.6) is 5.75 Å². The molecule has 2 rings (SSSR count). The number of aromatic carboxylic acids is 1. The number of carboxylic acids is 1. The highest BCUT2D eigenvalue weighted by molar-refractivity contribution is 7.14. The summed E-state index contributed by atoms with van der Waals surface area (Å²) >= 11 is 1.16. The number of amides is 1. The van der Waals surface area contributed by atoms with Gasteiger partial charge in [-0.05, 0) is 30.5 Å². The Kier molecular flexibility index (Phi) is 4.37. The topological polar surface area (TPSA) is 75.6 Å². The van der Waals surface area contributed by atoms with E-state index in [2.05, 4.69) is 5.32 Å². The fourth-order valence-corrected chi connectivity index (χ4v) is 2.33. The second kappa shape index (κ2) is 6.21. The zero-order valence-electron chi connectivity index (χ0n) is 10.7. The van der Waals surface area contributed by atoms with Gasteiger partial charge in [-0.1, -0.05) is 18.2 Å². The van der Waals surface area contributed by atoms with E-state index in [9.17, 15) is 9.59 Å². The Morgan fingerprint density at radius 3 is 2.60 bits per heavy atom.